The number of halogens is 1. The Hall–Kier alpha value is -2.49. The van der Waals surface area contributed by atoms with Gasteiger partial charge in [0.1, 0.15) is 18.2 Å². The first-order valence-electron chi connectivity index (χ1n) is 10.8. The molecule has 2 aromatic rings. The van der Waals surface area contributed by atoms with Crippen LogP contribution in [0.2, 0.25) is 0 Å². The fourth-order valence-electron chi connectivity index (χ4n) is 3.47. The van der Waals surface area contributed by atoms with Gasteiger partial charge in [0.25, 0.3) is 0 Å². The first-order chi connectivity index (χ1) is 15.3. The molecular weight excluding hydrogens is 433 g/mol. The standard InChI is InChI=1S/C23H30FN3O4S/c1-18(26(2)15-16-31-21-8-6-7-19(24)17-21)23(28)25-20-9-11-22(12-10-20)32(29,30)27-13-4-3-5-14-27/h6-12,17-18H,3-5,13-16H2,1-2H3,(H,25,28). The van der Waals surface area contributed by atoms with E-state index in [1.54, 1.807) is 38.2 Å². The van der Waals surface area contributed by atoms with Gasteiger partial charge in [-0.1, -0.05) is 12.5 Å². The molecule has 1 N–H and O–H groups in total. The van der Waals surface area contributed by atoms with Gasteiger partial charge in [0.15, 0.2) is 0 Å². The number of amides is 1. The number of anilines is 1. The lowest BCUT2D eigenvalue weighted by molar-refractivity contribution is -0.120. The maximum Gasteiger partial charge on any atom is 0.243 e. The molecule has 1 atom stereocenters. The number of nitrogens with zero attached hydrogens (tertiary/aromatic N) is 2. The van der Waals surface area contributed by atoms with Gasteiger partial charge in [0.2, 0.25) is 15.9 Å². The zero-order valence-corrected chi connectivity index (χ0v) is 19.3. The third kappa shape index (κ3) is 6.27. The first kappa shape index (κ1) is 24.2. The molecule has 9 heteroatoms. The van der Waals surface area contributed by atoms with Gasteiger partial charge in [-0.05, 0) is 63.2 Å². The van der Waals surface area contributed by atoms with Crippen molar-refractivity contribution in [3.05, 3.63) is 54.3 Å². The topological polar surface area (TPSA) is 79.0 Å². The molecule has 1 saturated heterocycles. The van der Waals surface area contributed by atoms with Crippen LogP contribution in [0.1, 0.15) is 26.2 Å². The van der Waals surface area contributed by atoms with Crippen LogP contribution in [0.4, 0.5) is 10.1 Å². The summed E-state index contributed by atoms with van der Waals surface area (Å²) in [5.74, 6) is -0.140. The van der Waals surface area contributed by atoms with Gasteiger partial charge in [-0.3, -0.25) is 9.69 Å². The smallest absolute Gasteiger partial charge is 0.243 e. The van der Waals surface area contributed by atoms with Crippen LogP contribution in [0.15, 0.2) is 53.4 Å². The van der Waals surface area contributed by atoms with Crippen molar-refractivity contribution in [2.24, 2.45) is 0 Å². The van der Waals surface area contributed by atoms with Crippen LogP contribution >= 0.6 is 0 Å². The number of nitrogens with one attached hydrogen (secondary N) is 1. The van der Waals surface area contributed by atoms with Crippen LogP contribution in [-0.2, 0) is 14.8 Å². The van der Waals surface area contributed by atoms with Gasteiger partial charge in [0, 0.05) is 31.4 Å². The lowest BCUT2D eigenvalue weighted by atomic mass is 10.2. The lowest BCUT2D eigenvalue weighted by Crippen LogP contribution is -2.41. The van der Waals surface area contributed by atoms with Crippen molar-refractivity contribution < 1.29 is 22.3 Å². The molecule has 0 aromatic heterocycles. The average molecular weight is 464 g/mol. The van der Waals surface area contributed by atoms with Crippen LogP contribution in [-0.4, -0.2) is 62.9 Å². The number of ether oxygens (including phenoxy) is 1. The van der Waals surface area contributed by atoms with Crippen LogP contribution in [0.5, 0.6) is 5.75 Å². The second kappa shape index (κ2) is 10.9. The van der Waals surface area contributed by atoms with Crippen LogP contribution in [0.25, 0.3) is 0 Å². The van der Waals surface area contributed by atoms with E-state index < -0.39 is 16.1 Å². The van der Waals surface area contributed by atoms with E-state index in [1.807, 2.05) is 4.90 Å². The molecule has 1 fully saturated rings. The molecule has 1 aliphatic rings. The van der Waals surface area contributed by atoms with E-state index in [0.29, 0.717) is 37.7 Å². The summed E-state index contributed by atoms with van der Waals surface area (Å²) in [4.78, 5) is 14.6. The molecule has 0 aliphatic carbocycles. The summed E-state index contributed by atoms with van der Waals surface area (Å²) < 4.78 is 45.7. The summed E-state index contributed by atoms with van der Waals surface area (Å²) in [5, 5.41) is 2.82. The number of hydrogen-bond acceptors (Lipinski definition) is 5. The van der Waals surface area contributed by atoms with Crippen LogP contribution in [0.3, 0.4) is 0 Å². The minimum Gasteiger partial charge on any atom is -0.492 e. The van der Waals surface area contributed by atoms with Crippen molar-refractivity contribution in [3.63, 3.8) is 0 Å². The number of benzene rings is 2. The van der Waals surface area contributed by atoms with E-state index in [2.05, 4.69) is 5.32 Å². The van der Waals surface area contributed by atoms with Gasteiger partial charge in [-0.2, -0.15) is 4.31 Å². The average Bonchev–Trinajstić information content (AvgIpc) is 2.79. The minimum absolute atomic E-state index is 0.218. The number of hydrogen-bond donors (Lipinski definition) is 1. The highest BCUT2D eigenvalue weighted by Gasteiger charge is 2.26. The number of rotatable bonds is 9. The molecule has 0 spiro atoms. The Labute approximate surface area is 189 Å². The van der Waals surface area contributed by atoms with E-state index in [4.69, 9.17) is 4.74 Å². The maximum atomic E-state index is 13.2. The van der Waals surface area contributed by atoms with Gasteiger partial charge in [0.05, 0.1) is 10.9 Å². The Morgan fingerprint density at radius 1 is 1.16 bits per heavy atom. The van der Waals surface area contributed by atoms with Crippen LogP contribution in [0, 0.1) is 5.82 Å². The maximum absolute atomic E-state index is 13.2. The van der Waals surface area contributed by atoms with E-state index >= 15 is 0 Å². The van der Waals surface area contributed by atoms with Crippen molar-refractivity contribution in [2.75, 3.05) is 38.6 Å². The Kier molecular flexibility index (Phi) is 8.22. The van der Waals surface area contributed by atoms with Crippen molar-refractivity contribution in [2.45, 2.75) is 37.1 Å². The molecule has 7 nitrogen and oxygen atoms in total. The molecule has 174 valence electrons. The molecule has 0 bridgehead atoms. The highest BCUT2D eigenvalue weighted by Crippen LogP contribution is 2.22. The zero-order chi connectivity index (χ0) is 23.1. The van der Waals surface area contributed by atoms with E-state index in [-0.39, 0.29) is 16.6 Å². The van der Waals surface area contributed by atoms with Crippen molar-refractivity contribution >= 4 is 21.6 Å². The summed E-state index contributed by atoms with van der Waals surface area (Å²) >= 11 is 0. The van der Waals surface area contributed by atoms with Gasteiger partial charge in [-0.15, -0.1) is 0 Å². The van der Waals surface area contributed by atoms with Gasteiger partial charge >= 0.3 is 0 Å². The number of piperidine rings is 1. The quantitative estimate of drug-likeness (QED) is 0.617. The summed E-state index contributed by atoms with van der Waals surface area (Å²) in [6, 6.07) is 11.7. The van der Waals surface area contributed by atoms with E-state index in [0.717, 1.165) is 19.3 Å². The van der Waals surface area contributed by atoms with Gasteiger partial charge < -0.3 is 10.1 Å². The van der Waals surface area contributed by atoms with E-state index in [9.17, 15) is 17.6 Å². The molecular formula is C23H30FN3O4S. The van der Waals surface area contributed by atoms with Crippen molar-refractivity contribution in [3.8, 4) is 5.75 Å². The fourth-order valence-corrected chi connectivity index (χ4v) is 4.99. The summed E-state index contributed by atoms with van der Waals surface area (Å²) in [6.07, 6.45) is 2.82. The number of sulfonamides is 1. The summed E-state index contributed by atoms with van der Waals surface area (Å²) in [5.41, 5.74) is 0.531. The second-order valence-corrected chi connectivity index (χ2v) is 9.88. The number of carbonyl (C=O) groups excluding carboxylic acids is 1. The fraction of sp³-hybridized carbons (Fsp3) is 0.435. The molecule has 0 saturated carbocycles. The summed E-state index contributed by atoms with van der Waals surface area (Å²) in [7, 11) is -1.70. The summed E-state index contributed by atoms with van der Waals surface area (Å²) in [6.45, 7) is 3.65. The number of carbonyl (C=O) groups is 1. The second-order valence-electron chi connectivity index (χ2n) is 7.94. The molecule has 32 heavy (non-hydrogen) atoms. The Morgan fingerprint density at radius 2 is 1.84 bits per heavy atom. The molecule has 1 aliphatic heterocycles. The molecule has 1 unspecified atom stereocenters. The van der Waals surface area contributed by atoms with Gasteiger partial charge in [-0.25, -0.2) is 12.8 Å². The minimum atomic E-state index is -3.50. The largest absolute Gasteiger partial charge is 0.492 e. The molecule has 2 aromatic carbocycles. The SMILES string of the molecule is CC(C(=O)Nc1ccc(S(=O)(=O)N2CCCCC2)cc1)N(C)CCOc1cccc(F)c1. The zero-order valence-electron chi connectivity index (χ0n) is 18.5. The highest BCUT2D eigenvalue weighted by molar-refractivity contribution is 7.89. The Balaban J connectivity index is 1.50. The van der Waals surface area contributed by atoms with E-state index in [1.165, 1.54) is 28.6 Å². The molecule has 3 rings (SSSR count). The Morgan fingerprint density at radius 3 is 2.50 bits per heavy atom. The Bertz CT molecular complexity index is 1010. The monoisotopic (exact) mass is 463 g/mol. The van der Waals surface area contributed by atoms with Crippen LogP contribution < -0.4 is 10.1 Å². The number of likely N-dealkylation sites (N-methyl/N-ethyl adjacent to an activating group) is 1. The lowest BCUT2D eigenvalue weighted by Gasteiger charge is -2.26. The van der Waals surface area contributed by atoms with Crippen molar-refractivity contribution in [1.82, 2.24) is 9.21 Å². The molecule has 1 amide bonds. The molecule has 1 heterocycles. The highest BCUT2D eigenvalue weighted by atomic mass is 32.2. The molecule has 0 radical (unpaired) electrons. The predicted octanol–water partition coefficient (Wildman–Crippen LogP) is 3.34. The van der Waals surface area contributed by atoms with Crippen molar-refractivity contribution in [1.29, 1.82) is 0 Å². The third-order valence-corrected chi connectivity index (χ3v) is 7.54. The first-order valence-corrected chi connectivity index (χ1v) is 12.2. The predicted molar refractivity (Wildman–Crippen MR) is 122 cm³/mol. The normalized spacial score (nSPS) is 16.0. The third-order valence-electron chi connectivity index (χ3n) is 5.62.